The van der Waals surface area contributed by atoms with Gasteiger partial charge in [-0.05, 0) is 29.9 Å². The van der Waals surface area contributed by atoms with Gasteiger partial charge in [0.2, 0.25) is 5.91 Å². The van der Waals surface area contributed by atoms with Crippen LogP contribution >= 0.6 is 0 Å². The molecule has 0 aliphatic carbocycles. The van der Waals surface area contributed by atoms with Crippen LogP contribution in [0.1, 0.15) is 31.4 Å². The summed E-state index contributed by atoms with van der Waals surface area (Å²) in [4.78, 5) is 11.2. The molecule has 0 atom stereocenters. The van der Waals surface area contributed by atoms with Crippen LogP contribution in [0.3, 0.4) is 0 Å². The third kappa shape index (κ3) is 5.82. The van der Waals surface area contributed by atoms with E-state index in [1.54, 1.807) is 0 Å². The Balaban J connectivity index is 2.33. The highest BCUT2D eigenvalue weighted by molar-refractivity contribution is 5.75. The van der Waals surface area contributed by atoms with Gasteiger partial charge in [0.25, 0.3) is 0 Å². The molecule has 0 fully saturated rings. The maximum absolute atomic E-state index is 11.2. The Hall–Kier alpha value is -1.35. The molecule has 3 N–H and O–H groups in total. The van der Waals surface area contributed by atoms with Crippen molar-refractivity contribution in [1.82, 2.24) is 5.32 Å². The first-order valence-electron chi connectivity index (χ1n) is 6.66. The van der Waals surface area contributed by atoms with Gasteiger partial charge in [-0.25, -0.2) is 0 Å². The van der Waals surface area contributed by atoms with E-state index in [0.717, 1.165) is 12.8 Å². The van der Waals surface area contributed by atoms with Crippen molar-refractivity contribution in [2.24, 2.45) is 11.7 Å². The monoisotopic (exact) mass is 248 g/mol. The molecule has 0 aromatic heterocycles. The minimum atomic E-state index is 0.0360. The van der Waals surface area contributed by atoms with Crippen molar-refractivity contribution in [3.8, 4) is 0 Å². The Morgan fingerprint density at radius 1 is 1.22 bits per heavy atom. The fourth-order valence-corrected chi connectivity index (χ4v) is 1.88. The van der Waals surface area contributed by atoms with E-state index in [9.17, 15) is 4.79 Å². The van der Waals surface area contributed by atoms with Crippen LogP contribution in [0, 0.1) is 5.92 Å². The number of nitrogens with two attached hydrogens (primary N) is 1. The topological polar surface area (TPSA) is 55.1 Å². The minimum absolute atomic E-state index is 0.0360. The highest BCUT2D eigenvalue weighted by Gasteiger charge is 2.00. The third-order valence-electron chi connectivity index (χ3n) is 2.77. The van der Waals surface area contributed by atoms with Crippen molar-refractivity contribution in [3.05, 3.63) is 35.4 Å². The fourth-order valence-electron chi connectivity index (χ4n) is 1.88. The van der Waals surface area contributed by atoms with E-state index in [-0.39, 0.29) is 5.91 Å². The number of nitrogens with one attached hydrogen (secondary N) is 1. The summed E-state index contributed by atoms with van der Waals surface area (Å²) in [6, 6.07) is 8.65. The summed E-state index contributed by atoms with van der Waals surface area (Å²) in [5.41, 5.74) is 7.94. The predicted octanol–water partition coefficient (Wildman–Crippen LogP) is 1.89. The van der Waals surface area contributed by atoms with Gasteiger partial charge in [-0.2, -0.15) is 0 Å². The molecule has 3 heteroatoms. The molecule has 0 saturated heterocycles. The molecule has 0 aliphatic rings. The van der Waals surface area contributed by atoms with Crippen LogP contribution < -0.4 is 11.1 Å². The molecule has 1 aromatic carbocycles. The molecule has 3 nitrogen and oxygen atoms in total. The molecule has 0 unspecified atom stereocenters. The Kier molecular flexibility index (Phi) is 6.44. The van der Waals surface area contributed by atoms with Crippen molar-refractivity contribution < 1.29 is 4.79 Å². The lowest BCUT2D eigenvalue weighted by Gasteiger charge is -2.07. The molecule has 0 saturated carbocycles. The summed E-state index contributed by atoms with van der Waals surface area (Å²) in [6.45, 7) is 5.54. The summed E-state index contributed by atoms with van der Waals surface area (Å²) < 4.78 is 0. The minimum Gasteiger partial charge on any atom is -0.356 e. The van der Waals surface area contributed by atoms with Crippen LogP contribution in [0.2, 0.25) is 0 Å². The lowest BCUT2D eigenvalue weighted by atomic mass is 10.0. The molecule has 0 spiro atoms. The van der Waals surface area contributed by atoms with Gasteiger partial charge >= 0.3 is 0 Å². The van der Waals surface area contributed by atoms with Crippen molar-refractivity contribution >= 4 is 5.91 Å². The second-order valence-electron chi connectivity index (χ2n) is 5.05. The van der Waals surface area contributed by atoms with Gasteiger partial charge in [0.05, 0.1) is 0 Å². The Bertz CT molecular complexity index is 357. The normalized spacial score (nSPS) is 10.7. The highest BCUT2D eigenvalue weighted by Crippen LogP contribution is 2.09. The van der Waals surface area contributed by atoms with E-state index in [0.29, 0.717) is 25.4 Å². The second kappa shape index (κ2) is 7.88. The molecule has 0 bridgehead atoms. The Labute approximate surface area is 110 Å². The van der Waals surface area contributed by atoms with Gasteiger partial charge in [0, 0.05) is 19.5 Å². The number of benzene rings is 1. The zero-order valence-electron chi connectivity index (χ0n) is 11.4. The van der Waals surface area contributed by atoms with Crippen LogP contribution in [-0.4, -0.2) is 19.0 Å². The van der Waals surface area contributed by atoms with E-state index in [1.807, 2.05) is 0 Å². The van der Waals surface area contributed by atoms with Crippen LogP contribution in [0.15, 0.2) is 24.3 Å². The second-order valence-corrected chi connectivity index (χ2v) is 5.05. The number of amides is 1. The quantitative estimate of drug-likeness (QED) is 0.774. The first-order valence-corrected chi connectivity index (χ1v) is 6.66. The van der Waals surface area contributed by atoms with Crippen LogP contribution in [0.25, 0.3) is 0 Å². The SMILES string of the molecule is CC(C)Cc1ccc(CCNC(=O)CCN)cc1. The summed E-state index contributed by atoms with van der Waals surface area (Å²) in [6.07, 6.45) is 2.40. The Morgan fingerprint density at radius 3 is 2.39 bits per heavy atom. The first kappa shape index (κ1) is 14.7. The third-order valence-corrected chi connectivity index (χ3v) is 2.77. The van der Waals surface area contributed by atoms with E-state index >= 15 is 0 Å². The zero-order valence-corrected chi connectivity index (χ0v) is 11.4. The molecule has 18 heavy (non-hydrogen) atoms. The summed E-state index contributed by atoms with van der Waals surface area (Å²) in [5, 5.41) is 2.86. The molecule has 0 aliphatic heterocycles. The Morgan fingerprint density at radius 2 is 1.83 bits per heavy atom. The number of carbonyl (C=O) groups excluding carboxylic acids is 1. The summed E-state index contributed by atoms with van der Waals surface area (Å²) >= 11 is 0. The van der Waals surface area contributed by atoms with Crippen molar-refractivity contribution in [1.29, 1.82) is 0 Å². The van der Waals surface area contributed by atoms with Gasteiger partial charge in [-0.1, -0.05) is 38.1 Å². The average Bonchev–Trinajstić information content (AvgIpc) is 2.31. The van der Waals surface area contributed by atoms with E-state index < -0.39 is 0 Å². The summed E-state index contributed by atoms with van der Waals surface area (Å²) in [7, 11) is 0. The standard InChI is InChI=1S/C15H24N2O/c1-12(2)11-14-5-3-13(4-6-14)8-10-17-15(18)7-9-16/h3-6,12H,7-11,16H2,1-2H3,(H,17,18). The number of rotatable bonds is 7. The van der Waals surface area contributed by atoms with Crippen LogP contribution in [-0.2, 0) is 17.6 Å². The maximum Gasteiger partial charge on any atom is 0.221 e. The number of carbonyl (C=O) groups is 1. The average molecular weight is 248 g/mol. The molecule has 1 amide bonds. The zero-order chi connectivity index (χ0) is 13.4. The van der Waals surface area contributed by atoms with Gasteiger partial charge < -0.3 is 11.1 Å². The predicted molar refractivity (Wildman–Crippen MR) is 75.4 cm³/mol. The molecule has 0 heterocycles. The molecule has 100 valence electrons. The van der Waals surface area contributed by atoms with Gasteiger partial charge in [0.1, 0.15) is 0 Å². The van der Waals surface area contributed by atoms with E-state index in [1.165, 1.54) is 11.1 Å². The van der Waals surface area contributed by atoms with Gasteiger partial charge in [-0.3, -0.25) is 4.79 Å². The molecule has 1 rings (SSSR count). The highest BCUT2D eigenvalue weighted by atomic mass is 16.1. The lowest BCUT2D eigenvalue weighted by Crippen LogP contribution is -2.27. The number of hydrogen-bond acceptors (Lipinski definition) is 2. The lowest BCUT2D eigenvalue weighted by molar-refractivity contribution is -0.120. The van der Waals surface area contributed by atoms with Gasteiger partial charge in [-0.15, -0.1) is 0 Å². The maximum atomic E-state index is 11.2. The van der Waals surface area contributed by atoms with E-state index in [2.05, 4.69) is 43.4 Å². The van der Waals surface area contributed by atoms with Gasteiger partial charge in [0.15, 0.2) is 0 Å². The van der Waals surface area contributed by atoms with Crippen molar-refractivity contribution in [2.45, 2.75) is 33.1 Å². The van der Waals surface area contributed by atoms with Crippen molar-refractivity contribution in [3.63, 3.8) is 0 Å². The van der Waals surface area contributed by atoms with E-state index in [4.69, 9.17) is 5.73 Å². The fraction of sp³-hybridized carbons (Fsp3) is 0.533. The molecule has 0 radical (unpaired) electrons. The summed E-state index contributed by atoms with van der Waals surface area (Å²) in [5.74, 6) is 0.723. The number of hydrogen-bond donors (Lipinski definition) is 2. The molecule has 1 aromatic rings. The smallest absolute Gasteiger partial charge is 0.221 e. The molecular formula is C15H24N2O. The molecular weight excluding hydrogens is 224 g/mol. The van der Waals surface area contributed by atoms with Crippen molar-refractivity contribution in [2.75, 3.05) is 13.1 Å². The largest absolute Gasteiger partial charge is 0.356 e. The van der Waals surface area contributed by atoms with Crippen LogP contribution in [0.5, 0.6) is 0 Å². The van der Waals surface area contributed by atoms with Crippen LogP contribution in [0.4, 0.5) is 0 Å². The first-order chi connectivity index (χ1) is 8.61.